The molecule has 0 aliphatic carbocycles. The van der Waals surface area contributed by atoms with Gasteiger partial charge >= 0.3 is 7.60 Å². The van der Waals surface area contributed by atoms with Crippen molar-refractivity contribution in [3.05, 3.63) is 0 Å². The molecule has 0 fully saturated rings. The largest absolute Gasteiger partial charge is 0.390 e. The molecule has 0 rings (SSSR count). The van der Waals surface area contributed by atoms with Crippen molar-refractivity contribution in [2.75, 3.05) is 6.61 Å². The summed E-state index contributed by atoms with van der Waals surface area (Å²) in [6, 6.07) is -0.0237. The van der Waals surface area contributed by atoms with Crippen LogP contribution in [0, 0.1) is 0 Å². The topological polar surface area (TPSA) is 63.6 Å². The summed E-state index contributed by atoms with van der Waals surface area (Å²) in [4.78, 5) is 18.7. The molecule has 0 aromatic heterocycles. The summed E-state index contributed by atoms with van der Waals surface area (Å²) in [6.45, 7) is 2.34. The molecule has 0 aliphatic rings. The monoisotopic (exact) mass is 222 g/mol. The molecule has 84 valence electrons. The van der Waals surface area contributed by atoms with Gasteiger partial charge in [-0.1, -0.05) is 39.0 Å². The van der Waals surface area contributed by atoms with E-state index < -0.39 is 7.60 Å². The molecule has 1 atom stereocenters. The van der Waals surface area contributed by atoms with Gasteiger partial charge in [0.25, 0.3) is 0 Å². The Labute approximate surface area is 85.2 Å². The average molecular weight is 222 g/mol. The quantitative estimate of drug-likeness (QED) is 0.370. The van der Waals surface area contributed by atoms with Crippen molar-refractivity contribution < 1.29 is 18.8 Å². The summed E-state index contributed by atoms with van der Waals surface area (Å²) in [6.07, 6.45) is 6.47. The van der Waals surface area contributed by atoms with E-state index >= 15 is 0 Å². The van der Waals surface area contributed by atoms with Crippen LogP contribution in [0.1, 0.15) is 45.4 Å². The molecular weight excluding hydrogens is 203 g/mol. The molecule has 0 spiro atoms. The fraction of sp³-hybridized carbons (Fsp3) is 0.889. The van der Waals surface area contributed by atoms with E-state index in [4.69, 9.17) is 4.89 Å². The lowest BCUT2D eigenvalue weighted by Gasteiger charge is -2.04. The Balaban J connectivity index is 3.21. The van der Waals surface area contributed by atoms with Crippen molar-refractivity contribution >= 4 is 13.6 Å². The minimum atomic E-state index is -3.92. The predicted octanol–water partition coefficient (Wildman–Crippen LogP) is 2.74. The fourth-order valence-electron chi connectivity index (χ4n) is 1.11. The molecule has 1 N–H and O–H groups in total. The van der Waals surface area contributed by atoms with Crippen LogP contribution in [-0.2, 0) is 13.9 Å². The molecule has 5 heteroatoms. The Bertz CT molecular complexity index is 193. The predicted molar refractivity (Wildman–Crippen MR) is 55.9 cm³/mol. The maximum atomic E-state index is 10.7. The summed E-state index contributed by atoms with van der Waals surface area (Å²) < 4.78 is 15.2. The lowest BCUT2D eigenvalue weighted by Crippen LogP contribution is -1.93. The number of carbonyl (C=O) groups excluding carboxylic acids is 1. The third-order valence-electron chi connectivity index (χ3n) is 1.91. The van der Waals surface area contributed by atoms with Crippen molar-refractivity contribution in [1.29, 1.82) is 0 Å². The van der Waals surface area contributed by atoms with Gasteiger partial charge in [0, 0.05) is 0 Å². The van der Waals surface area contributed by atoms with E-state index in [0.29, 0.717) is 0 Å². The summed E-state index contributed by atoms with van der Waals surface area (Å²) >= 11 is 0. The second-order valence-corrected chi connectivity index (χ2v) is 4.87. The first-order valence-corrected chi connectivity index (χ1v) is 6.70. The highest BCUT2D eigenvalue weighted by atomic mass is 31.2. The normalized spacial score (nSPS) is 15.0. The van der Waals surface area contributed by atoms with Gasteiger partial charge in [-0.15, -0.1) is 0 Å². The van der Waals surface area contributed by atoms with Gasteiger partial charge in [0.15, 0.2) is 0 Å². The molecule has 0 amide bonds. The molecule has 14 heavy (non-hydrogen) atoms. The maximum Gasteiger partial charge on any atom is 0.390 e. The van der Waals surface area contributed by atoms with E-state index in [0.717, 1.165) is 19.3 Å². The van der Waals surface area contributed by atoms with Crippen LogP contribution in [0.15, 0.2) is 0 Å². The lowest BCUT2D eigenvalue weighted by atomic mass is 10.1. The number of carbonyl (C=O) groups is 1. The number of unbranched alkanes of at least 4 members (excludes halogenated alkanes) is 5. The molecule has 0 saturated heterocycles. The summed E-state index contributed by atoms with van der Waals surface area (Å²) in [5.41, 5.74) is 0. The zero-order valence-electron chi connectivity index (χ0n) is 8.65. The van der Waals surface area contributed by atoms with Crippen LogP contribution in [0.25, 0.3) is 0 Å². The van der Waals surface area contributed by atoms with Crippen LogP contribution < -0.4 is 0 Å². The highest BCUT2D eigenvalue weighted by Gasteiger charge is 2.16. The van der Waals surface area contributed by atoms with Gasteiger partial charge < -0.3 is 9.42 Å². The number of hydrogen-bond acceptors (Lipinski definition) is 3. The van der Waals surface area contributed by atoms with Gasteiger partial charge in [-0.05, 0) is 6.42 Å². The summed E-state index contributed by atoms with van der Waals surface area (Å²) in [5, 5.41) is 0. The molecule has 0 aliphatic heterocycles. The molecule has 4 nitrogen and oxygen atoms in total. The molecule has 0 aromatic carbocycles. The van der Waals surface area contributed by atoms with Crippen LogP contribution in [0.5, 0.6) is 0 Å². The van der Waals surface area contributed by atoms with Crippen molar-refractivity contribution in [2.24, 2.45) is 0 Å². The highest BCUT2D eigenvalue weighted by molar-refractivity contribution is 7.68. The van der Waals surface area contributed by atoms with Gasteiger partial charge in [-0.3, -0.25) is 9.36 Å². The van der Waals surface area contributed by atoms with Gasteiger partial charge in [0.2, 0.25) is 6.03 Å². The Hall–Kier alpha value is -0.180. The second-order valence-electron chi connectivity index (χ2n) is 3.27. The van der Waals surface area contributed by atoms with Gasteiger partial charge in [0.1, 0.15) is 0 Å². The second kappa shape index (κ2) is 8.16. The van der Waals surface area contributed by atoms with E-state index in [1.807, 2.05) is 0 Å². The Morgan fingerprint density at radius 1 is 1.21 bits per heavy atom. The van der Waals surface area contributed by atoms with Crippen LogP contribution in [0.3, 0.4) is 0 Å². The molecule has 0 heterocycles. The van der Waals surface area contributed by atoms with E-state index in [-0.39, 0.29) is 12.6 Å². The SMILES string of the molecule is CCCCCCCCOP(=O)(O)C=O. The maximum absolute atomic E-state index is 10.7. The number of hydrogen-bond donors (Lipinski definition) is 1. The molecule has 1 unspecified atom stereocenters. The van der Waals surface area contributed by atoms with E-state index in [2.05, 4.69) is 11.4 Å². The molecular formula is C9H19O4P. The van der Waals surface area contributed by atoms with Crippen LogP contribution in [0.4, 0.5) is 0 Å². The Morgan fingerprint density at radius 2 is 1.79 bits per heavy atom. The zero-order valence-corrected chi connectivity index (χ0v) is 9.54. The summed E-state index contributed by atoms with van der Waals surface area (Å²) in [7, 11) is -3.92. The molecule has 0 saturated carbocycles. The van der Waals surface area contributed by atoms with Gasteiger partial charge in [-0.2, -0.15) is 0 Å². The van der Waals surface area contributed by atoms with Crippen LogP contribution >= 0.6 is 7.60 Å². The van der Waals surface area contributed by atoms with Crippen LogP contribution in [-0.4, -0.2) is 17.5 Å². The Kier molecular flexibility index (Phi) is 8.05. The third kappa shape index (κ3) is 8.42. The van der Waals surface area contributed by atoms with Crippen molar-refractivity contribution in [1.82, 2.24) is 0 Å². The highest BCUT2D eigenvalue weighted by Crippen LogP contribution is 2.37. The average Bonchev–Trinajstić information content (AvgIpc) is 2.16. The van der Waals surface area contributed by atoms with Crippen molar-refractivity contribution in [2.45, 2.75) is 45.4 Å². The van der Waals surface area contributed by atoms with Crippen molar-refractivity contribution in [3.63, 3.8) is 0 Å². The fourth-order valence-corrected chi connectivity index (χ4v) is 1.56. The minimum absolute atomic E-state index is 0.0237. The first kappa shape index (κ1) is 13.8. The minimum Gasteiger partial charge on any atom is -0.319 e. The smallest absolute Gasteiger partial charge is 0.319 e. The molecule has 0 radical (unpaired) electrons. The van der Waals surface area contributed by atoms with Gasteiger partial charge in [0.05, 0.1) is 6.61 Å². The first-order chi connectivity index (χ1) is 6.62. The lowest BCUT2D eigenvalue weighted by molar-refractivity contribution is 0.262. The van der Waals surface area contributed by atoms with E-state index in [1.165, 1.54) is 19.3 Å². The standard InChI is InChI=1S/C9H19O4P/c1-2-3-4-5-6-7-8-13-14(11,12)9-10/h9H,2-8H2,1H3,(H,11,12). The van der Waals surface area contributed by atoms with E-state index in [9.17, 15) is 9.36 Å². The van der Waals surface area contributed by atoms with Crippen LogP contribution in [0.2, 0.25) is 0 Å². The first-order valence-electron chi connectivity index (χ1n) is 5.05. The third-order valence-corrected chi connectivity index (χ3v) is 2.73. The molecule has 0 bridgehead atoms. The molecule has 0 aromatic rings. The zero-order chi connectivity index (χ0) is 10.9. The summed E-state index contributed by atoms with van der Waals surface area (Å²) in [5.74, 6) is 0. The van der Waals surface area contributed by atoms with E-state index in [1.54, 1.807) is 0 Å². The van der Waals surface area contributed by atoms with Gasteiger partial charge in [-0.25, -0.2) is 0 Å². The number of rotatable bonds is 9. The van der Waals surface area contributed by atoms with Crippen molar-refractivity contribution in [3.8, 4) is 0 Å². The Morgan fingerprint density at radius 3 is 2.36 bits per heavy atom.